The van der Waals surface area contributed by atoms with Crippen molar-refractivity contribution in [2.45, 2.75) is 19.3 Å². The zero-order valence-corrected chi connectivity index (χ0v) is 11.4. The second-order valence-electron chi connectivity index (χ2n) is 4.95. The van der Waals surface area contributed by atoms with E-state index in [-0.39, 0.29) is 5.91 Å². The number of allylic oxidation sites excluding steroid dienone is 2. The minimum absolute atomic E-state index is 0.202. The van der Waals surface area contributed by atoms with E-state index in [1.54, 1.807) is 4.90 Å². The summed E-state index contributed by atoms with van der Waals surface area (Å²) in [4.78, 5) is 13.7. The van der Waals surface area contributed by atoms with Crippen LogP contribution in [0, 0.1) is 5.92 Å². The largest absolute Gasteiger partial charge is 0.492 e. The van der Waals surface area contributed by atoms with Crippen molar-refractivity contribution in [2.24, 2.45) is 5.92 Å². The Morgan fingerprint density at radius 2 is 2.16 bits per heavy atom. The van der Waals surface area contributed by atoms with Crippen LogP contribution < -0.4 is 4.74 Å². The van der Waals surface area contributed by atoms with Crippen molar-refractivity contribution >= 4 is 5.91 Å². The maximum absolute atomic E-state index is 12.0. The molecular weight excluding hydrogens is 238 g/mol. The molecule has 0 fully saturated rings. The number of rotatable bonds is 6. The standard InChI is InChI=1S/C16H21NO2/c1-17(16(18)13-14-7-5-6-8-14)11-12-19-15-9-3-2-4-10-15/h2-5,7,9-10,14H,6,8,11-13H2,1H3. The lowest BCUT2D eigenvalue weighted by atomic mass is 10.0. The number of carbonyl (C=O) groups is 1. The Hall–Kier alpha value is -1.77. The molecule has 3 heteroatoms. The van der Waals surface area contributed by atoms with Crippen molar-refractivity contribution in [2.75, 3.05) is 20.2 Å². The maximum Gasteiger partial charge on any atom is 0.223 e. The van der Waals surface area contributed by atoms with Crippen molar-refractivity contribution < 1.29 is 9.53 Å². The van der Waals surface area contributed by atoms with Gasteiger partial charge < -0.3 is 9.64 Å². The Kier molecular flexibility index (Phi) is 5.01. The van der Waals surface area contributed by atoms with Gasteiger partial charge in [0.15, 0.2) is 0 Å². The molecule has 1 aliphatic carbocycles. The van der Waals surface area contributed by atoms with Gasteiger partial charge in [0.25, 0.3) is 0 Å². The molecule has 1 aliphatic rings. The fourth-order valence-corrected chi connectivity index (χ4v) is 2.19. The first kappa shape index (κ1) is 13.7. The lowest BCUT2D eigenvalue weighted by Crippen LogP contribution is -2.31. The molecule has 1 atom stereocenters. The molecule has 0 N–H and O–H groups in total. The van der Waals surface area contributed by atoms with Crippen LogP contribution in [0.3, 0.4) is 0 Å². The van der Waals surface area contributed by atoms with Gasteiger partial charge in [-0.3, -0.25) is 4.79 Å². The molecule has 102 valence electrons. The number of ether oxygens (including phenoxy) is 1. The highest BCUT2D eigenvalue weighted by molar-refractivity contribution is 5.76. The SMILES string of the molecule is CN(CCOc1ccccc1)C(=O)CC1C=CCC1. The Bertz CT molecular complexity index is 428. The summed E-state index contributed by atoms with van der Waals surface area (Å²) in [5.74, 6) is 1.49. The number of nitrogens with zero attached hydrogens (tertiary/aromatic N) is 1. The summed E-state index contributed by atoms with van der Waals surface area (Å²) in [5, 5.41) is 0. The molecule has 0 heterocycles. The van der Waals surface area contributed by atoms with Gasteiger partial charge >= 0.3 is 0 Å². The minimum Gasteiger partial charge on any atom is -0.492 e. The molecule has 0 radical (unpaired) electrons. The number of hydrogen-bond donors (Lipinski definition) is 0. The van der Waals surface area contributed by atoms with Crippen LogP contribution in [0.4, 0.5) is 0 Å². The van der Waals surface area contributed by atoms with Gasteiger partial charge in [-0.05, 0) is 30.9 Å². The molecule has 2 rings (SSSR count). The number of hydrogen-bond acceptors (Lipinski definition) is 2. The van der Waals surface area contributed by atoms with E-state index in [4.69, 9.17) is 4.74 Å². The summed E-state index contributed by atoms with van der Waals surface area (Å²) in [6, 6.07) is 9.68. The number of likely N-dealkylation sites (N-methyl/N-ethyl adjacent to an activating group) is 1. The number of para-hydroxylation sites is 1. The molecule has 1 aromatic rings. The van der Waals surface area contributed by atoms with E-state index in [2.05, 4.69) is 12.2 Å². The summed E-state index contributed by atoms with van der Waals surface area (Å²) in [7, 11) is 1.84. The Morgan fingerprint density at radius 1 is 1.37 bits per heavy atom. The van der Waals surface area contributed by atoms with Crippen LogP contribution in [0.25, 0.3) is 0 Å². The monoisotopic (exact) mass is 259 g/mol. The minimum atomic E-state index is 0.202. The lowest BCUT2D eigenvalue weighted by Gasteiger charge is -2.19. The van der Waals surface area contributed by atoms with Crippen molar-refractivity contribution in [3.63, 3.8) is 0 Å². The number of carbonyl (C=O) groups excluding carboxylic acids is 1. The predicted molar refractivity (Wildman–Crippen MR) is 76.1 cm³/mol. The Labute approximate surface area is 114 Å². The Morgan fingerprint density at radius 3 is 2.84 bits per heavy atom. The van der Waals surface area contributed by atoms with Crippen LogP contribution in [0.2, 0.25) is 0 Å². The summed E-state index contributed by atoms with van der Waals surface area (Å²) >= 11 is 0. The maximum atomic E-state index is 12.0. The summed E-state index contributed by atoms with van der Waals surface area (Å²) in [6.45, 7) is 1.16. The second kappa shape index (κ2) is 6.98. The average Bonchev–Trinajstić information content (AvgIpc) is 2.92. The van der Waals surface area contributed by atoms with Gasteiger partial charge in [0.2, 0.25) is 5.91 Å². The average molecular weight is 259 g/mol. The molecule has 0 aromatic heterocycles. The second-order valence-corrected chi connectivity index (χ2v) is 4.95. The van der Waals surface area contributed by atoms with Gasteiger partial charge in [0, 0.05) is 13.5 Å². The highest BCUT2D eigenvalue weighted by Gasteiger charge is 2.16. The van der Waals surface area contributed by atoms with E-state index >= 15 is 0 Å². The quantitative estimate of drug-likeness (QED) is 0.735. The van der Waals surface area contributed by atoms with Crippen LogP contribution in [-0.2, 0) is 4.79 Å². The van der Waals surface area contributed by atoms with Gasteiger partial charge in [-0.15, -0.1) is 0 Å². The van der Waals surface area contributed by atoms with Gasteiger partial charge in [-0.2, -0.15) is 0 Å². The van der Waals surface area contributed by atoms with Gasteiger partial charge in [-0.1, -0.05) is 30.4 Å². The van der Waals surface area contributed by atoms with Crippen molar-refractivity contribution in [3.8, 4) is 5.75 Å². The topological polar surface area (TPSA) is 29.5 Å². The summed E-state index contributed by atoms with van der Waals surface area (Å²) in [6.07, 6.45) is 7.17. The smallest absolute Gasteiger partial charge is 0.223 e. The van der Waals surface area contributed by atoms with E-state index in [1.807, 2.05) is 37.4 Å². The van der Waals surface area contributed by atoms with E-state index in [9.17, 15) is 4.79 Å². The van der Waals surface area contributed by atoms with E-state index < -0.39 is 0 Å². The van der Waals surface area contributed by atoms with Gasteiger partial charge in [-0.25, -0.2) is 0 Å². The van der Waals surface area contributed by atoms with Crippen LogP contribution >= 0.6 is 0 Å². The van der Waals surface area contributed by atoms with Crippen LogP contribution in [0.1, 0.15) is 19.3 Å². The predicted octanol–water partition coefficient (Wildman–Crippen LogP) is 2.88. The van der Waals surface area contributed by atoms with E-state index in [1.165, 1.54) is 0 Å². The Balaban J connectivity index is 1.67. The fraction of sp³-hybridized carbons (Fsp3) is 0.438. The van der Waals surface area contributed by atoms with E-state index in [0.717, 1.165) is 18.6 Å². The van der Waals surface area contributed by atoms with Crippen LogP contribution in [-0.4, -0.2) is 31.0 Å². The first-order valence-corrected chi connectivity index (χ1v) is 6.84. The molecule has 0 aliphatic heterocycles. The molecule has 19 heavy (non-hydrogen) atoms. The first-order valence-electron chi connectivity index (χ1n) is 6.84. The molecule has 3 nitrogen and oxygen atoms in total. The lowest BCUT2D eigenvalue weighted by molar-refractivity contribution is -0.130. The van der Waals surface area contributed by atoms with Crippen molar-refractivity contribution in [3.05, 3.63) is 42.5 Å². The third-order valence-corrected chi connectivity index (χ3v) is 3.41. The molecule has 1 unspecified atom stereocenters. The molecule has 0 saturated heterocycles. The zero-order chi connectivity index (χ0) is 13.5. The fourth-order valence-electron chi connectivity index (χ4n) is 2.19. The van der Waals surface area contributed by atoms with Crippen LogP contribution in [0.15, 0.2) is 42.5 Å². The normalized spacial score (nSPS) is 17.4. The third kappa shape index (κ3) is 4.43. The number of benzene rings is 1. The molecule has 1 aromatic carbocycles. The van der Waals surface area contributed by atoms with E-state index in [0.29, 0.717) is 25.5 Å². The van der Waals surface area contributed by atoms with Gasteiger partial charge in [0.1, 0.15) is 12.4 Å². The molecule has 0 spiro atoms. The first-order chi connectivity index (χ1) is 9.25. The van der Waals surface area contributed by atoms with Crippen molar-refractivity contribution in [1.29, 1.82) is 0 Å². The summed E-state index contributed by atoms with van der Waals surface area (Å²) in [5.41, 5.74) is 0. The highest BCUT2D eigenvalue weighted by Crippen LogP contribution is 2.20. The molecule has 0 saturated carbocycles. The molecular formula is C16H21NO2. The van der Waals surface area contributed by atoms with Gasteiger partial charge in [0.05, 0.1) is 6.54 Å². The number of amides is 1. The highest BCUT2D eigenvalue weighted by atomic mass is 16.5. The zero-order valence-electron chi connectivity index (χ0n) is 11.4. The van der Waals surface area contributed by atoms with Crippen LogP contribution in [0.5, 0.6) is 5.75 Å². The molecule has 0 bridgehead atoms. The van der Waals surface area contributed by atoms with Crippen molar-refractivity contribution in [1.82, 2.24) is 4.90 Å². The third-order valence-electron chi connectivity index (χ3n) is 3.41. The summed E-state index contributed by atoms with van der Waals surface area (Å²) < 4.78 is 5.59. The molecule has 1 amide bonds.